The van der Waals surface area contributed by atoms with Crippen LogP contribution in [0.25, 0.3) is 11.0 Å². The van der Waals surface area contributed by atoms with Crippen molar-refractivity contribution in [1.82, 2.24) is 14.5 Å². The van der Waals surface area contributed by atoms with Gasteiger partial charge in [0.05, 0.1) is 30.6 Å². The molecule has 14 heteroatoms. The smallest absolute Gasteiger partial charge is 0.339 e. The number of aromatic hydroxyl groups is 2. The molecule has 48 heavy (non-hydrogen) atoms. The predicted octanol–water partition coefficient (Wildman–Crippen LogP) is 4.26. The maximum absolute atomic E-state index is 13.5. The summed E-state index contributed by atoms with van der Waals surface area (Å²) in [6, 6.07) is 21.3. The Labute approximate surface area is 275 Å². The molecule has 3 aromatic carbocycles. The molecule has 5 aromatic rings. The normalized spacial score (nSPS) is 10.5. The second kappa shape index (κ2) is 15.7. The average Bonchev–Trinajstić information content (AvgIpc) is 3.40. The molecule has 0 spiro atoms. The highest BCUT2D eigenvalue weighted by molar-refractivity contribution is 6.07. The number of pyridine rings is 1. The van der Waals surface area contributed by atoms with Gasteiger partial charge in [-0.15, -0.1) is 0 Å². The number of nitrogens with two attached hydrogens (primary N) is 1. The lowest BCUT2D eigenvalue weighted by molar-refractivity contribution is -0.142. The highest BCUT2D eigenvalue weighted by atomic mass is 16.5. The molecule has 0 aliphatic rings. The number of aromatic nitrogens is 3. The third kappa shape index (κ3) is 8.63. The van der Waals surface area contributed by atoms with Crippen LogP contribution in [0.15, 0.2) is 85.1 Å². The number of benzene rings is 3. The van der Waals surface area contributed by atoms with Crippen LogP contribution >= 0.6 is 0 Å². The fourth-order valence-corrected chi connectivity index (χ4v) is 4.61. The fraction of sp³-hybridized carbons (Fsp3) is 0.176. The van der Waals surface area contributed by atoms with Crippen molar-refractivity contribution in [3.05, 3.63) is 108 Å². The number of phenols is 2. The number of carbonyl (C=O) groups is 3. The highest BCUT2D eigenvalue weighted by Gasteiger charge is 2.21. The molecule has 0 aliphatic carbocycles. The number of nitrogens with one attached hydrogen (secondary N) is 2. The number of nitrogens with zero attached hydrogens (tertiary/aromatic N) is 4. The highest BCUT2D eigenvalue weighted by Crippen LogP contribution is 2.23. The lowest BCUT2D eigenvalue weighted by atomic mass is 10.1. The van der Waals surface area contributed by atoms with Gasteiger partial charge in [0.1, 0.15) is 34.5 Å². The number of nitrogen functional groups attached to an aromatic ring is 1. The predicted molar refractivity (Wildman–Crippen MR) is 179 cm³/mol. The first-order valence-corrected chi connectivity index (χ1v) is 14.8. The van der Waals surface area contributed by atoms with Crippen molar-refractivity contribution in [2.45, 2.75) is 19.9 Å². The molecule has 0 unspecified atom stereocenters. The van der Waals surface area contributed by atoms with Crippen LogP contribution < -0.4 is 16.0 Å². The van der Waals surface area contributed by atoms with Crippen molar-refractivity contribution < 1.29 is 34.4 Å². The SMILES string of the molecule is CCOC(=O)CCN(C(=O)c1ccc2c(c1)nc(CNc1ccc(C(=N)N)cc1)n2C)c1ccccn1.O=C(O)c1cc(O)ccc1O. The van der Waals surface area contributed by atoms with Gasteiger partial charge in [-0.2, -0.15) is 0 Å². The molecule has 14 nitrogen and oxygen atoms in total. The number of amidine groups is 1. The van der Waals surface area contributed by atoms with E-state index in [-0.39, 0.29) is 54.3 Å². The number of imidazole rings is 1. The number of hydrogen-bond donors (Lipinski definition) is 6. The Morgan fingerprint density at radius 1 is 1.00 bits per heavy atom. The summed E-state index contributed by atoms with van der Waals surface area (Å²) in [5.41, 5.74) is 8.76. The number of carbonyl (C=O) groups excluding carboxylic acids is 2. The van der Waals surface area contributed by atoms with Gasteiger partial charge in [0.2, 0.25) is 0 Å². The number of ether oxygens (including phenoxy) is 1. The van der Waals surface area contributed by atoms with Gasteiger partial charge in [-0.25, -0.2) is 14.8 Å². The summed E-state index contributed by atoms with van der Waals surface area (Å²) in [7, 11) is 1.92. The van der Waals surface area contributed by atoms with Gasteiger partial charge in [0, 0.05) is 36.6 Å². The first-order chi connectivity index (χ1) is 23.0. The minimum absolute atomic E-state index is 0.0229. The fourth-order valence-electron chi connectivity index (χ4n) is 4.61. The zero-order valence-corrected chi connectivity index (χ0v) is 26.3. The lowest BCUT2D eigenvalue weighted by Gasteiger charge is -2.21. The van der Waals surface area contributed by atoms with Crippen molar-refractivity contribution in [3.8, 4) is 11.5 Å². The number of phenolic OH excluding ortho intramolecular Hbond substituents is 1. The Hall–Kier alpha value is -6.44. The van der Waals surface area contributed by atoms with Crippen molar-refractivity contribution in [3.63, 3.8) is 0 Å². The Morgan fingerprint density at radius 3 is 2.35 bits per heavy atom. The third-order valence-corrected chi connectivity index (χ3v) is 7.09. The Morgan fingerprint density at radius 2 is 1.73 bits per heavy atom. The molecule has 1 amide bonds. The van der Waals surface area contributed by atoms with E-state index in [1.165, 1.54) is 11.0 Å². The zero-order chi connectivity index (χ0) is 34.8. The van der Waals surface area contributed by atoms with Crippen LogP contribution in [-0.2, 0) is 23.1 Å². The molecule has 0 fully saturated rings. The number of aromatic carboxylic acids is 1. The number of esters is 1. The summed E-state index contributed by atoms with van der Waals surface area (Å²) in [4.78, 5) is 46.3. The van der Waals surface area contributed by atoms with E-state index in [0.717, 1.165) is 29.2 Å². The van der Waals surface area contributed by atoms with E-state index in [1.807, 2.05) is 29.8 Å². The first kappa shape index (κ1) is 34.4. The van der Waals surface area contributed by atoms with Gasteiger partial charge < -0.3 is 35.7 Å². The van der Waals surface area contributed by atoms with Gasteiger partial charge in [-0.1, -0.05) is 6.07 Å². The maximum Gasteiger partial charge on any atom is 0.339 e. The molecule has 2 heterocycles. The van der Waals surface area contributed by atoms with Gasteiger partial charge >= 0.3 is 11.9 Å². The number of amides is 1. The van der Waals surface area contributed by atoms with Crippen molar-refractivity contribution >= 4 is 46.2 Å². The van der Waals surface area contributed by atoms with Crippen LogP contribution in [0.5, 0.6) is 11.5 Å². The summed E-state index contributed by atoms with van der Waals surface area (Å²) in [5.74, 6) is -1.17. The number of aryl methyl sites for hydroxylation is 1. The van der Waals surface area contributed by atoms with Gasteiger partial charge in [0.15, 0.2) is 0 Å². The minimum Gasteiger partial charge on any atom is -0.508 e. The molecule has 2 aromatic heterocycles. The van der Waals surface area contributed by atoms with E-state index >= 15 is 0 Å². The number of carboxylic acids is 1. The molecule has 5 rings (SSSR count). The molecule has 0 aliphatic heterocycles. The van der Waals surface area contributed by atoms with Gasteiger partial charge in [-0.3, -0.25) is 19.9 Å². The molecule has 0 saturated heterocycles. The Bertz CT molecular complexity index is 1930. The number of rotatable bonds is 11. The number of carboxylic acid groups (broad SMARTS) is 1. The van der Waals surface area contributed by atoms with E-state index in [2.05, 4.69) is 10.3 Å². The van der Waals surface area contributed by atoms with E-state index in [1.54, 1.807) is 55.6 Å². The minimum atomic E-state index is -1.27. The Balaban J connectivity index is 0.000000401. The summed E-state index contributed by atoms with van der Waals surface area (Å²) in [6.07, 6.45) is 1.67. The number of fused-ring (bicyclic) bond motifs is 1. The second-order valence-electron chi connectivity index (χ2n) is 10.3. The van der Waals surface area contributed by atoms with Crippen LogP contribution in [0.4, 0.5) is 11.5 Å². The summed E-state index contributed by atoms with van der Waals surface area (Å²) in [5, 5.41) is 37.0. The average molecular weight is 654 g/mol. The summed E-state index contributed by atoms with van der Waals surface area (Å²) < 4.78 is 7.00. The molecule has 0 atom stereocenters. The van der Waals surface area contributed by atoms with Crippen LogP contribution in [-0.4, -0.2) is 66.7 Å². The van der Waals surface area contributed by atoms with E-state index in [4.69, 9.17) is 36.2 Å². The molecule has 7 N–H and O–H groups in total. The van der Waals surface area contributed by atoms with Crippen molar-refractivity contribution in [2.75, 3.05) is 23.4 Å². The topological polar surface area (TPSA) is 217 Å². The van der Waals surface area contributed by atoms with Crippen LogP contribution in [0.2, 0.25) is 0 Å². The van der Waals surface area contributed by atoms with Crippen LogP contribution in [0, 0.1) is 5.41 Å². The van der Waals surface area contributed by atoms with Crippen LogP contribution in [0.1, 0.15) is 45.4 Å². The lowest BCUT2D eigenvalue weighted by Crippen LogP contribution is -2.34. The summed E-state index contributed by atoms with van der Waals surface area (Å²) >= 11 is 0. The quantitative estimate of drug-likeness (QED) is 0.0512. The van der Waals surface area contributed by atoms with Gasteiger partial charge in [0.25, 0.3) is 5.91 Å². The standard InChI is InChI=1S/C27H29N7O3.C7H6O4/c1-3-37-25(35)13-15-34(23-6-4-5-14-30-23)27(36)19-9-12-22-21(16-19)32-24(33(22)2)17-31-20-10-7-18(8-11-20)26(28)29;8-4-1-2-6(9)5(3-4)7(10)11/h4-12,14,16,31H,3,13,15,17H2,1-2H3,(H3,28,29);1-3,8-9H,(H,10,11). The van der Waals surface area contributed by atoms with Crippen molar-refractivity contribution in [1.29, 1.82) is 5.41 Å². The molecular formula is C34H35N7O7. The molecule has 0 bridgehead atoms. The maximum atomic E-state index is 13.5. The second-order valence-corrected chi connectivity index (χ2v) is 10.3. The van der Waals surface area contributed by atoms with E-state index in [9.17, 15) is 14.4 Å². The number of anilines is 2. The first-order valence-electron chi connectivity index (χ1n) is 14.8. The van der Waals surface area contributed by atoms with Crippen molar-refractivity contribution in [2.24, 2.45) is 12.8 Å². The summed E-state index contributed by atoms with van der Waals surface area (Å²) in [6.45, 7) is 2.64. The largest absolute Gasteiger partial charge is 0.508 e. The Kier molecular flexibility index (Phi) is 11.3. The molecule has 0 saturated carbocycles. The molecule has 248 valence electrons. The number of hydrogen-bond acceptors (Lipinski definition) is 10. The third-order valence-electron chi connectivity index (χ3n) is 7.09. The van der Waals surface area contributed by atoms with E-state index in [0.29, 0.717) is 29.0 Å². The molecular weight excluding hydrogens is 618 g/mol. The van der Waals surface area contributed by atoms with Gasteiger partial charge in [-0.05, 0) is 79.7 Å². The monoisotopic (exact) mass is 653 g/mol. The zero-order valence-electron chi connectivity index (χ0n) is 26.3. The van der Waals surface area contributed by atoms with Crippen LogP contribution in [0.3, 0.4) is 0 Å². The molecule has 0 radical (unpaired) electrons. The van der Waals surface area contributed by atoms with E-state index < -0.39 is 5.97 Å².